The summed E-state index contributed by atoms with van der Waals surface area (Å²) in [5.74, 6) is 0.823. The van der Waals surface area contributed by atoms with Crippen LogP contribution in [0, 0.1) is 0 Å². The van der Waals surface area contributed by atoms with Gasteiger partial charge in [0.25, 0.3) is 0 Å². The third-order valence-corrected chi connectivity index (χ3v) is 6.64. The first-order chi connectivity index (χ1) is 17.0. The number of para-hydroxylation sites is 1. The Kier molecular flexibility index (Phi) is 8.53. The molecule has 0 spiro atoms. The molecule has 0 amide bonds. The Hall–Kier alpha value is -2.76. The number of anilines is 5. The van der Waals surface area contributed by atoms with Gasteiger partial charge in [0.15, 0.2) is 5.82 Å². The molecule has 4 rings (SSSR count). The first kappa shape index (κ1) is 25.3. The third-order valence-electron chi connectivity index (χ3n) is 5.99. The number of halogens is 1. The Morgan fingerprint density at radius 3 is 2.71 bits per heavy atom. The van der Waals surface area contributed by atoms with Crippen molar-refractivity contribution in [2.24, 2.45) is 0 Å². The maximum atomic E-state index is 10.9. The summed E-state index contributed by atoms with van der Waals surface area (Å²) >= 11 is 4.01. The molecule has 0 bridgehead atoms. The Labute approximate surface area is 213 Å². The van der Waals surface area contributed by atoms with Crippen molar-refractivity contribution < 1.29 is 8.76 Å². The van der Waals surface area contributed by atoms with Crippen LogP contribution in [-0.4, -0.2) is 49.8 Å². The number of benzene rings is 2. The number of rotatable bonds is 9. The van der Waals surface area contributed by atoms with E-state index in [-0.39, 0.29) is 6.54 Å². The van der Waals surface area contributed by atoms with Crippen molar-refractivity contribution >= 4 is 51.7 Å². The SMILES string of the molecule is CCN1CCN(CC)c2cc(Nc3ncc(Cl)c(Nc4ccccc4CNS(=O)[O-])n3)ccc2C1. The minimum Gasteiger partial charge on any atom is -0.760 e. The Morgan fingerprint density at radius 1 is 1.11 bits per heavy atom. The largest absolute Gasteiger partial charge is 0.760 e. The average Bonchev–Trinajstić information content (AvgIpc) is 3.04. The van der Waals surface area contributed by atoms with Gasteiger partial charge in [0.1, 0.15) is 5.02 Å². The van der Waals surface area contributed by atoms with Gasteiger partial charge in [0.2, 0.25) is 5.95 Å². The van der Waals surface area contributed by atoms with Gasteiger partial charge < -0.3 is 20.1 Å². The minimum atomic E-state index is -2.36. The van der Waals surface area contributed by atoms with E-state index in [1.165, 1.54) is 17.4 Å². The lowest BCUT2D eigenvalue weighted by atomic mass is 10.1. The summed E-state index contributed by atoms with van der Waals surface area (Å²) in [6.07, 6.45) is 1.54. The minimum absolute atomic E-state index is 0.144. The highest BCUT2D eigenvalue weighted by atomic mass is 35.5. The van der Waals surface area contributed by atoms with Crippen molar-refractivity contribution in [3.63, 3.8) is 0 Å². The molecule has 1 aliphatic heterocycles. The summed E-state index contributed by atoms with van der Waals surface area (Å²) in [5, 5.41) is 6.85. The van der Waals surface area contributed by atoms with Crippen LogP contribution in [0.2, 0.25) is 5.02 Å². The molecule has 0 fully saturated rings. The zero-order valence-corrected chi connectivity index (χ0v) is 21.3. The maximum absolute atomic E-state index is 10.9. The van der Waals surface area contributed by atoms with Crippen molar-refractivity contribution in [2.45, 2.75) is 26.9 Å². The van der Waals surface area contributed by atoms with Gasteiger partial charge in [-0.05, 0) is 42.8 Å². The Bertz CT molecular complexity index is 1200. The van der Waals surface area contributed by atoms with Crippen LogP contribution in [-0.2, 0) is 24.4 Å². The number of likely N-dealkylation sites (N-methyl/N-ethyl adjacent to an activating group) is 2. The summed E-state index contributed by atoms with van der Waals surface area (Å²) in [5.41, 5.74) is 4.87. The highest BCUT2D eigenvalue weighted by Crippen LogP contribution is 2.31. The van der Waals surface area contributed by atoms with Gasteiger partial charge in [-0.15, -0.1) is 0 Å². The summed E-state index contributed by atoms with van der Waals surface area (Å²) in [4.78, 5) is 13.8. The first-order valence-corrected chi connectivity index (χ1v) is 13.0. The molecule has 2 heterocycles. The molecule has 3 aromatic rings. The third kappa shape index (κ3) is 6.47. The fraction of sp³-hybridized carbons (Fsp3) is 0.333. The predicted octanol–water partition coefficient (Wildman–Crippen LogP) is 4.16. The van der Waals surface area contributed by atoms with Gasteiger partial charge in [-0.2, -0.15) is 4.98 Å². The predicted molar refractivity (Wildman–Crippen MR) is 141 cm³/mol. The number of nitrogens with zero attached hydrogens (tertiary/aromatic N) is 4. The van der Waals surface area contributed by atoms with E-state index in [0.29, 0.717) is 22.5 Å². The fourth-order valence-corrected chi connectivity index (χ4v) is 4.49. The smallest absolute Gasteiger partial charge is 0.229 e. The number of hydrogen-bond donors (Lipinski definition) is 3. The van der Waals surface area contributed by atoms with Crippen LogP contribution in [0.15, 0.2) is 48.7 Å². The topological polar surface area (TPSA) is 108 Å². The van der Waals surface area contributed by atoms with Crippen molar-refractivity contribution in [3.05, 3.63) is 64.8 Å². The fourth-order valence-electron chi connectivity index (χ4n) is 4.08. The van der Waals surface area contributed by atoms with Crippen molar-refractivity contribution in [3.8, 4) is 0 Å². The van der Waals surface area contributed by atoms with Crippen LogP contribution in [0.3, 0.4) is 0 Å². The van der Waals surface area contributed by atoms with E-state index in [4.69, 9.17) is 11.6 Å². The quantitative estimate of drug-likeness (QED) is 0.365. The highest BCUT2D eigenvalue weighted by molar-refractivity contribution is 7.77. The number of hydrogen-bond acceptors (Lipinski definition) is 8. The molecule has 1 aliphatic rings. The molecule has 1 atom stereocenters. The number of nitrogens with one attached hydrogen (secondary N) is 3. The molecular weight excluding hydrogens is 486 g/mol. The second-order valence-corrected chi connectivity index (χ2v) is 9.31. The lowest BCUT2D eigenvalue weighted by Gasteiger charge is -2.23. The molecule has 3 N–H and O–H groups in total. The molecule has 0 radical (unpaired) electrons. The van der Waals surface area contributed by atoms with Gasteiger partial charge in [-0.25, -0.2) is 9.71 Å². The molecule has 186 valence electrons. The Balaban J connectivity index is 1.56. The highest BCUT2D eigenvalue weighted by Gasteiger charge is 2.19. The van der Waals surface area contributed by atoms with Gasteiger partial charge in [-0.1, -0.05) is 42.8 Å². The summed E-state index contributed by atoms with van der Waals surface area (Å²) < 4.78 is 24.2. The van der Waals surface area contributed by atoms with Crippen LogP contribution in [0.25, 0.3) is 0 Å². The van der Waals surface area contributed by atoms with Gasteiger partial charge >= 0.3 is 0 Å². The molecule has 1 unspecified atom stereocenters. The molecule has 1 aromatic heterocycles. The van der Waals surface area contributed by atoms with E-state index < -0.39 is 11.3 Å². The second-order valence-electron chi connectivity index (χ2n) is 8.15. The normalized spacial score (nSPS) is 14.8. The molecular formula is C24H29ClN7O2S-. The van der Waals surface area contributed by atoms with Crippen LogP contribution in [0.5, 0.6) is 0 Å². The van der Waals surface area contributed by atoms with E-state index >= 15 is 0 Å². The van der Waals surface area contributed by atoms with Gasteiger partial charge in [0.05, 0.1) is 6.20 Å². The molecule has 0 aliphatic carbocycles. The molecule has 0 saturated carbocycles. The Morgan fingerprint density at radius 2 is 1.94 bits per heavy atom. The zero-order chi connectivity index (χ0) is 24.8. The summed E-state index contributed by atoms with van der Waals surface area (Å²) in [7, 11) is 0. The standard InChI is InChI=1S/C24H30ClN7O2S/c1-3-31-11-12-32(4-2)22-13-19(10-9-18(22)16-31)28-24-26-15-20(25)23(30-24)29-21-8-6-5-7-17(21)14-27-35(33)34/h5-10,13,15,27H,3-4,11-12,14,16H2,1-2H3,(H,33,34)(H2,26,28,29,30)/p-1. The molecule has 2 aromatic carbocycles. The molecule has 9 nitrogen and oxygen atoms in total. The van der Waals surface area contributed by atoms with Crippen molar-refractivity contribution in [1.82, 2.24) is 19.6 Å². The first-order valence-electron chi connectivity index (χ1n) is 11.5. The van der Waals surface area contributed by atoms with E-state index in [0.717, 1.165) is 44.0 Å². The lowest BCUT2D eigenvalue weighted by molar-refractivity contribution is 0.293. The van der Waals surface area contributed by atoms with E-state index in [1.807, 2.05) is 30.3 Å². The van der Waals surface area contributed by atoms with E-state index in [9.17, 15) is 8.76 Å². The van der Waals surface area contributed by atoms with Crippen LogP contribution < -0.4 is 20.3 Å². The lowest BCUT2D eigenvalue weighted by Crippen LogP contribution is -2.31. The van der Waals surface area contributed by atoms with Crippen LogP contribution in [0.1, 0.15) is 25.0 Å². The van der Waals surface area contributed by atoms with Crippen molar-refractivity contribution in [1.29, 1.82) is 0 Å². The van der Waals surface area contributed by atoms with Crippen molar-refractivity contribution in [2.75, 3.05) is 41.7 Å². The molecule has 11 heteroatoms. The van der Waals surface area contributed by atoms with Gasteiger partial charge in [0, 0.05) is 61.1 Å². The maximum Gasteiger partial charge on any atom is 0.229 e. The van der Waals surface area contributed by atoms with Crippen LogP contribution in [0.4, 0.5) is 28.8 Å². The average molecular weight is 515 g/mol. The molecule has 35 heavy (non-hydrogen) atoms. The number of aromatic nitrogens is 2. The zero-order valence-electron chi connectivity index (χ0n) is 19.8. The van der Waals surface area contributed by atoms with E-state index in [2.05, 4.69) is 61.1 Å². The second kappa shape index (κ2) is 11.8. The number of fused-ring (bicyclic) bond motifs is 1. The molecule has 0 saturated heterocycles. The summed E-state index contributed by atoms with van der Waals surface area (Å²) in [6.45, 7) is 9.44. The van der Waals surface area contributed by atoms with Crippen LogP contribution >= 0.6 is 11.6 Å². The van der Waals surface area contributed by atoms with Gasteiger partial charge in [-0.3, -0.25) is 9.11 Å². The monoisotopic (exact) mass is 514 g/mol. The summed E-state index contributed by atoms with van der Waals surface area (Å²) in [6, 6.07) is 13.7. The van der Waals surface area contributed by atoms with E-state index in [1.54, 1.807) is 0 Å².